The molecule has 0 aromatic carbocycles. The molecule has 2 nitrogen and oxygen atoms in total. The van der Waals surface area contributed by atoms with Gasteiger partial charge in [0.1, 0.15) is 6.17 Å². The second-order valence-corrected chi connectivity index (χ2v) is 4.79. The van der Waals surface area contributed by atoms with Gasteiger partial charge in [-0.25, -0.2) is 4.39 Å². The number of halogens is 1. The molecule has 76 valence electrons. The van der Waals surface area contributed by atoms with Crippen LogP contribution in [0, 0.1) is 5.41 Å². The number of rotatable bonds is 0. The van der Waals surface area contributed by atoms with E-state index in [1.807, 2.05) is 20.8 Å². The van der Waals surface area contributed by atoms with E-state index in [1.54, 1.807) is 11.8 Å². The first-order chi connectivity index (χ1) is 5.84. The smallest absolute Gasteiger partial charge is 0.228 e. The van der Waals surface area contributed by atoms with Gasteiger partial charge in [0.15, 0.2) is 0 Å². The van der Waals surface area contributed by atoms with Gasteiger partial charge in [0.2, 0.25) is 5.91 Å². The van der Waals surface area contributed by atoms with Gasteiger partial charge >= 0.3 is 0 Å². The fraction of sp³-hybridized carbons (Fsp3) is 0.900. The molecule has 0 aromatic heterocycles. The lowest BCUT2D eigenvalue weighted by atomic mass is 9.94. The zero-order valence-corrected chi connectivity index (χ0v) is 8.80. The highest BCUT2D eigenvalue weighted by atomic mass is 19.1. The minimum absolute atomic E-state index is 0.0557. The lowest BCUT2D eigenvalue weighted by Gasteiger charge is -2.29. The number of carbonyl (C=O) groups excluding carboxylic acids is 1. The van der Waals surface area contributed by atoms with Gasteiger partial charge in [0.25, 0.3) is 0 Å². The van der Waals surface area contributed by atoms with Crippen molar-refractivity contribution in [1.82, 2.24) is 4.90 Å². The van der Waals surface area contributed by atoms with Crippen LogP contribution in [0.25, 0.3) is 0 Å². The summed E-state index contributed by atoms with van der Waals surface area (Å²) in [4.78, 5) is 13.4. The summed E-state index contributed by atoms with van der Waals surface area (Å²) in [5, 5.41) is 0. The molecular formula is C10H18FNO. The normalized spacial score (nSPS) is 29.5. The summed E-state index contributed by atoms with van der Waals surface area (Å²) in [5.41, 5.74) is -0.391. The van der Waals surface area contributed by atoms with Crippen molar-refractivity contribution in [2.75, 3.05) is 6.54 Å². The molecule has 0 radical (unpaired) electrons. The maximum Gasteiger partial charge on any atom is 0.228 e. The van der Waals surface area contributed by atoms with Gasteiger partial charge in [-0.15, -0.1) is 0 Å². The number of hydrogen-bond acceptors (Lipinski definition) is 1. The highest BCUT2D eigenvalue weighted by Gasteiger charge is 2.37. The van der Waals surface area contributed by atoms with Crippen LogP contribution in [-0.4, -0.2) is 29.6 Å². The average Bonchev–Trinajstić information content (AvgIpc) is 2.30. The maximum atomic E-state index is 13.1. The lowest BCUT2D eigenvalue weighted by Crippen LogP contribution is -2.42. The lowest BCUT2D eigenvalue weighted by molar-refractivity contribution is -0.140. The Kier molecular flexibility index (Phi) is 2.64. The molecule has 1 saturated heterocycles. The molecule has 0 bridgehead atoms. The average molecular weight is 187 g/mol. The van der Waals surface area contributed by atoms with Gasteiger partial charge < -0.3 is 4.90 Å². The summed E-state index contributed by atoms with van der Waals surface area (Å²) in [6.45, 7) is 7.95. The number of amides is 1. The molecule has 1 aliphatic heterocycles. The molecule has 2 atom stereocenters. The van der Waals surface area contributed by atoms with E-state index in [-0.39, 0.29) is 11.9 Å². The Bertz CT molecular complexity index is 209. The minimum Gasteiger partial charge on any atom is -0.337 e. The number of likely N-dealkylation sites (tertiary alicyclic amines) is 1. The molecule has 1 fully saturated rings. The van der Waals surface area contributed by atoms with E-state index in [4.69, 9.17) is 0 Å². The van der Waals surface area contributed by atoms with Crippen LogP contribution >= 0.6 is 0 Å². The van der Waals surface area contributed by atoms with E-state index < -0.39 is 11.6 Å². The molecule has 0 aromatic rings. The van der Waals surface area contributed by atoms with E-state index in [1.165, 1.54) is 0 Å². The van der Waals surface area contributed by atoms with Gasteiger partial charge in [-0.1, -0.05) is 20.8 Å². The Labute approximate surface area is 79.1 Å². The number of alkyl halides is 1. The van der Waals surface area contributed by atoms with Gasteiger partial charge in [-0.3, -0.25) is 4.79 Å². The van der Waals surface area contributed by atoms with Crippen LogP contribution in [0.5, 0.6) is 0 Å². The van der Waals surface area contributed by atoms with Crippen molar-refractivity contribution in [3.63, 3.8) is 0 Å². The highest BCUT2D eigenvalue weighted by molar-refractivity contribution is 5.82. The topological polar surface area (TPSA) is 20.3 Å². The van der Waals surface area contributed by atoms with E-state index in [9.17, 15) is 9.18 Å². The Morgan fingerprint density at radius 3 is 2.31 bits per heavy atom. The molecule has 13 heavy (non-hydrogen) atoms. The van der Waals surface area contributed by atoms with Crippen molar-refractivity contribution in [1.29, 1.82) is 0 Å². The summed E-state index contributed by atoms with van der Waals surface area (Å²) in [5.74, 6) is 0.0557. The van der Waals surface area contributed by atoms with E-state index >= 15 is 0 Å². The fourth-order valence-electron chi connectivity index (χ4n) is 1.62. The molecular weight excluding hydrogens is 169 g/mol. The second-order valence-electron chi connectivity index (χ2n) is 4.79. The second kappa shape index (κ2) is 3.28. The van der Waals surface area contributed by atoms with Crippen LogP contribution < -0.4 is 0 Å². The molecule has 1 rings (SSSR count). The van der Waals surface area contributed by atoms with Gasteiger partial charge in [-0.05, 0) is 13.3 Å². The minimum atomic E-state index is -0.841. The summed E-state index contributed by atoms with van der Waals surface area (Å²) in [6, 6.07) is -0.244. The summed E-state index contributed by atoms with van der Waals surface area (Å²) < 4.78 is 13.1. The summed E-state index contributed by atoms with van der Waals surface area (Å²) >= 11 is 0. The monoisotopic (exact) mass is 187 g/mol. The zero-order valence-electron chi connectivity index (χ0n) is 8.80. The summed E-state index contributed by atoms with van der Waals surface area (Å²) in [6.07, 6.45) is -0.352. The first kappa shape index (κ1) is 10.5. The SMILES string of the molecule is C[C@@H]1[C@H](F)CCN1C(=O)C(C)(C)C. The highest BCUT2D eigenvalue weighted by Crippen LogP contribution is 2.26. The van der Waals surface area contributed by atoms with Crippen molar-refractivity contribution in [2.45, 2.75) is 46.3 Å². The van der Waals surface area contributed by atoms with Crippen LogP contribution in [0.1, 0.15) is 34.1 Å². The molecule has 0 saturated carbocycles. The number of hydrogen-bond donors (Lipinski definition) is 0. The van der Waals surface area contributed by atoms with Crippen molar-refractivity contribution >= 4 is 5.91 Å². The molecule has 1 amide bonds. The maximum absolute atomic E-state index is 13.1. The van der Waals surface area contributed by atoms with E-state index in [2.05, 4.69) is 0 Å². The Balaban J connectivity index is 2.69. The number of nitrogens with zero attached hydrogens (tertiary/aromatic N) is 1. The quantitative estimate of drug-likeness (QED) is 0.568. The molecule has 0 N–H and O–H groups in total. The van der Waals surface area contributed by atoms with Gasteiger partial charge in [0.05, 0.1) is 6.04 Å². The van der Waals surface area contributed by atoms with Crippen molar-refractivity contribution in [3.8, 4) is 0 Å². The van der Waals surface area contributed by atoms with Crippen LogP contribution in [0.15, 0.2) is 0 Å². The third-order valence-corrected chi connectivity index (χ3v) is 2.56. The third-order valence-electron chi connectivity index (χ3n) is 2.56. The standard InChI is InChI=1S/C10H18FNO/c1-7-8(11)5-6-12(7)9(13)10(2,3)4/h7-8H,5-6H2,1-4H3/t7-,8-/m1/s1. The predicted octanol–water partition coefficient (Wildman–Crippen LogP) is 1.99. The van der Waals surface area contributed by atoms with E-state index in [0.717, 1.165) is 0 Å². The fourth-order valence-corrected chi connectivity index (χ4v) is 1.62. The Morgan fingerprint density at radius 2 is 2.00 bits per heavy atom. The van der Waals surface area contributed by atoms with Gasteiger partial charge in [0, 0.05) is 12.0 Å². The van der Waals surface area contributed by atoms with Crippen molar-refractivity contribution < 1.29 is 9.18 Å². The molecule has 0 unspecified atom stereocenters. The molecule has 1 aliphatic rings. The van der Waals surface area contributed by atoms with Crippen LogP contribution in [0.2, 0.25) is 0 Å². The predicted molar refractivity (Wildman–Crippen MR) is 50.1 cm³/mol. The Hall–Kier alpha value is -0.600. The molecule has 0 spiro atoms. The third kappa shape index (κ3) is 2.01. The van der Waals surface area contributed by atoms with Crippen molar-refractivity contribution in [2.24, 2.45) is 5.41 Å². The molecule has 3 heteroatoms. The van der Waals surface area contributed by atoms with Crippen LogP contribution in [0.4, 0.5) is 4.39 Å². The largest absolute Gasteiger partial charge is 0.337 e. The van der Waals surface area contributed by atoms with E-state index in [0.29, 0.717) is 13.0 Å². The van der Waals surface area contributed by atoms with Crippen LogP contribution in [-0.2, 0) is 4.79 Å². The number of carbonyl (C=O) groups is 1. The first-order valence-electron chi connectivity index (χ1n) is 4.79. The van der Waals surface area contributed by atoms with Gasteiger partial charge in [-0.2, -0.15) is 0 Å². The van der Waals surface area contributed by atoms with Crippen LogP contribution in [0.3, 0.4) is 0 Å². The van der Waals surface area contributed by atoms with Crippen molar-refractivity contribution in [3.05, 3.63) is 0 Å². The zero-order chi connectivity index (χ0) is 10.2. The summed E-state index contributed by atoms with van der Waals surface area (Å²) in [7, 11) is 0. The first-order valence-corrected chi connectivity index (χ1v) is 4.79. The Morgan fingerprint density at radius 1 is 1.46 bits per heavy atom. The molecule has 1 heterocycles. The molecule has 0 aliphatic carbocycles.